The van der Waals surface area contributed by atoms with Gasteiger partial charge in [0.05, 0.1) is 0 Å². The van der Waals surface area contributed by atoms with Crippen LogP contribution in [0, 0.1) is 0 Å². The summed E-state index contributed by atoms with van der Waals surface area (Å²) in [6, 6.07) is -0.855. The second-order valence-electron chi connectivity index (χ2n) is 4.78. The second kappa shape index (κ2) is 7.20. The number of carbonyl (C=O) groups is 2. The van der Waals surface area contributed by atoms with Crippen molar-refractivity contribution in [1.82, 2.24) is 15.5 Å². The summed E-state index contributed by atoms with van der Waals surface area (Å²) in [7, 11) is 2.05. The molecule has 2 amide bonds. The molecular weight excluding hydrogens is 234 g/mol. The third kappa shape index (κ3) is 4.52. The number of amides is 2. The molecule has 0 aromatic rings. The lowest BCUT2D eigenvalue weighted by molar-refractivity contribution is -0.139. The van der Waals surface area contributed by atoms with Gasteiger partial charge in [0.15, 0.2) is 0 Å². The highest BCUT2D eigenvalue weighted by atomic mass is 16.4. The van der Waals surface area contributed by atoms with Gasteiger partial charge in [0.25, 0.3) is 0 Å². The summed E-state index contributed by atoms with van der Waals surface area (Å²) >= 11 is 0. The zero-order valence-electron chi connectivity index (χ0n) is 11.1. The van der Waals surface area contributed by atoms with Crippen molar-refractivity contribution in [3.63, 3.8) is 0 Å². The summed E-state index contributed by atoms with van der Waals surface area (Å²) in [5, 5.41) is 14.0. The summed E-state index contributed by atoms with van der Waals surface area (Å²) < 4.78 is 0. The Morgan fingerprint density at radius 3 is 2.72 bits per heavy atom. The fraction of sp³-hybridized carbons (Fsp3) is 0.833. The Labute approximate surface area is 108 Å². The average Bonchev–Trinajstić information content (AvgIpc) is 2.34. The van der Waals surface area contributed by atoms with Gasteiger partial charge in [-0.05, 0) is 32.9 Å². The molecule has 18 heavy (non-hydrogen) atoms. The Hall–Kier alpha value is -1.30. The summed E-state index contributed by atoms with van der Waals surface area (Å²) in [5.41, 5.74) is 0. The number of aliphatic carboxylic acids is 1. The van der Waals surface area contributed by atoms with Gasteiger partial charge in [0, 0.05) is 12.6 Å². The molecular formula is C12H23N3O3. The van der Waals surface area contributed by atoms with E-state index in [0.717, 1.165) is 13.0 Å². The Balaban J connectivity index is 2.29. The molecule has 6 nitrogen and oxygen atoms in total. The largest absolute Gasteiger partial charge is 0.480 e. The second-order valence-corrected chi connectivity index (χ2v) is 4.78. The maximum absolute atomic E-state index is 11.6. The van der Waals surface area contributed by atoms with Crippen LogP contribution in [0.2, 0.25) is 0 Å². The lowest BCUT2D eigenvalue weighted by atomic mass is 10.0. The molecule has 1 unspecified atom stereocenters. The number of carboxylic acid groups (broad SMARTS) is 1. The number of piperidine rings is 1. The van der Waals surface area contributed by atoms with Crippen LogP contribution in [0.1, 0.15) is 32.6 Å². The van der Waals surface area contributed by atoms with Crippen LogP contribution in [0.5, 0.6) is 0 Å². The molecule has 3 N–H and O–H groups in total. The molecule has 1 fully saturated rings. The molecule has 0 spiro atoms. The van der Waals surface area contributed by atoms with E-state index >= 15 is 0 Å². The number of hydrogen-bond acceptors (Lipinski definition) is 3. The van der Waals surface area contributed by atoms with Gasteiger partial charge in [-0.2, -0.15) is 0 Å². The number of urea groups is 1. The molecule has 6 heteroatoms. The van der Waals surface area contributed by atoms with Crippen LogP contribution in [-0.2, 0) is 4.79 Å². The molecule has 0 aromatic carbocycles. The zero-order valence-corrected chi connectivity index (χ0v) is 11.1. The summed E-state index contributed by atoms with van der Waals surface area (Å²) in [4.78, 5) is 24.6. The lowest BCUT2D eigenvalue weighted by Crippen LogP contribution is -2.50. The molecule has 0 radical (unpaired) electrons. The van der Waals surface area contributed by atoms with Gasteiger partial charge in [0.1, 0.15) is 6.04 Å². The van der Waals surface area contributed by atoms with Crippen molar-refractivity contribution >= 4 is 12.0 Å². The highest BCUT2D eigenvalue weighted by Gasteiger charge is 2.21. The van der Waals surface area contributed by atoms with Crippen molar-refractivity contribution in [1.29, 1.82) is 0 Å². The van der Waals surface area contributed by atoms with E-state index in [4.69, 9.17) is 5.11 Å². The average molecular weight is 257 g/mol. The molecule has 0 saturated carbocycles. The smallest absolute Gasteiger partial charge is 0.326 e. The first-order valence-corrected chi connectivity index (χ1v) is 6.52. The topological polar surface area (TPSA) is 81.7 Å². The van der Waals surface area contributed by atoms with Gasteiger partial charge < -0.3 is 20.6 Å². The first-order valence-electron chi connectivity index (χ1n) is 6.52. The van der Waals surface area contributed by atoms with Gasteiger partial charge in [-0.1, -0.05) is 13.3 Å². The van der Waals surface area contributed by atoms with E-state index in [1.807, 2.05) is 0 Å². The van der Waals surface area contributed by atoms with Gasteiger partial charge in [-0.3, -0.25) is 0 Å². The Morgan fingerprint density at radius 1 is 1.44 bits per heavy atom. The number of carbonyl (C=O) groups excluding carboxylic acids is 1. The summed E-state index contributed by atoms with van der Waals surface area (Å²) in [6.07, 6.45) is 3.85. The van der Waals surface area contributed by atoms with Crippen molar-refractivity contribution in [2.24, 2.45) is 0 Å². The molecule has 1 saturated heterocycles. The van der Waals surface area contributed by atoms with Crippen LogP contribution in [0.3, 0.4) is 0 Å². The molecule has 0 bridgehead atoms. The number of nitrogens with zero attached hydrogens (tertiary/aromatic N) is 1. The van der Waals surface area contributed by atoms with Crippen LogP contribution >= 0.6 is 0 Å². The minimum Gasteiger partial charge on any atom is -0.480 e. The van der Waals surface area contributed by atoms with Crippen LogP contribution < -0.4 is 10.6 Å². The molecule has 1 rings (SSSR count). The fourth-order valence-corrected chi connectivity index (χ4v) is 2.16. The number of carboxylic acids is 1. The number of hydrogen-bond donors (Lipinski definition) is 3. The first kappa shape index (κ1) is 14.8. The molecule has 0 aromatic heterocycles. The van der Waals surface area contributed by atoms with E-state index in [-0.39, 0.29) is 0 Å². The summed E-state index contributed by atoms with van der Waals surface area (Å²) in [6.45, 7) is 3.35. The highest BCUT2D eigenvalue weighted by molar-refractivity contribution is 5.82. The van der Waals surface area contributed by atoms with Crippen LogP contribution in [0.4, 0.5) is 4.79 Å². The quantitative estimate of drug-likeness (QED) is 0.675. The number of nitrogens with one attached hydrogen (secondary N) is 2. The number of rotatable bonds is 5. The zero-order chi connectivity index (χ0) is 13.5. The van der Waals surface area contributed by atoms with Gasteiger partial charge >= 0.3 is 12.0 Å². The highest BCUT2D eigenvalue weighted by Crippen LogP contribution is 2.13. The standard InChI is InChI=1S/C12H23N3O3/c1-3-10(11(16)17)14-12(18)13-8-9-6-4-5-7-15(9)2/h9-10H,3-8H2,1-2H3,(H,16,17)(H2,13,14,18)/t9?,10-/m0/s1. The fourth-order valence-electron chi connectivity index (χ4n) is 2.16. The van der Waals surface area contributed by atoms with Crippen molar-refractivity contribution < 1.29 is 14.7 Å². The maximum Gasteiger partial charge on any atom is 0.326 e. The molecule has 1 aliphatic rings. The van der Waals surface area contributed by atoms with E-state index in [0.29, 0.717) is 19.0 Å². The van der Waals surface area contributed by atoms with Gasteiger partial charge in [-0.15, -0.1) is 0 Å². The third-order valence-electron chi connectivity index (χ3n) is 3.43. The predicted octanol–water partition coefficient (Wildman–Crippen LogP) is 0.633. The molecule has 104 valence electrons. The normalized spacial score (nSPS) is 22.2. The number of likely N-dealkylation sites (N-methyl/N-ethyl adjacent to an activating group) is 1. The van der Waals surface area contributed by atoms with E-state index in [1.165, 1.54) is 12.8 Å². The minimum atomic E-state index is -0.998. The predicted molar refractivity (Wildman–Crippen MR) is 68.5 cm³/mol. The molecule has 1 heterocycles. The van der Waals surface area contributed by atoms with Crippen molar-refractivity contribution in [2.45, 2.75) is 44.7 Å². The van der Waals surface area contributed by atoms with Crippen molar-refractivity contribution in [3.8, 4) is 0 Å². The van der Waals surface area contributed by atoms with Gasteiger partial charge in [-0.25, -0.2) is 9.59 Å². The third-order valence-corrected chi connectivity index (χ3v) is 3.43. The SMILES string of the molecule is CC[C@H](NC(=O)NCC1CCCCN1C)C(=O)O. The van der Waals surface area contributed by atoms with E-state index in [1.54, 1.807) is 6.92 Å². The van der Waals surface area contributed by atoms with Crippen molar-refractivity contribution in [2.75, 3.05) is 20.1 Å². The van der Waals surface area contributed by atoms with Crippen LogP contribution in [0.25, 0.3) is 0 Å². The number of likely N-dealkylation sites (tertiary alicyclic amines) is 1. The summed E-state index contributed by atoms with van der Waals surface area (Å²) in [5.74, 6) is -0.998. The van der Waals surface area contributed by atoms with E-state index in [2.05, 4.69) is 22.6 Å². The first-order chi connectivity index (χ1) is 8.54. The molecule has 2 atom stereocenters. The minimum absolute atomic E-state index is 0.356. The Bertz CT molecular complexity index is 296. The van der Waals surface area contributed by atoms with E-state index in [9.17, 15) is 9.59 Å². The monoisotopic (exact) mass is 257 g/mol. The van der Waals surface area contributed by atoms with Crippen molar-refractivity contribution in [3.05, 3.63) is 0 Å². The Kier molecular flexibility index (Phi) is 5.91. The molecule has 1 aliphatic heterocycles. The van der Waals surface area contributed by atoms with Gasteiger partial charge in [0.2, 0.25) is 0 Å². The van der Waals surface area contributed by atoms with E-state index < -0.39 is 18.0 Å². The van der Waals surface area contributed by atoms with Crippen LogP contribution in [-0.4, -0.2) is 54.2 Å². The Morgan fingerprint density at radius 2 is 2.17 bits per heavy atom. The lowest BCUT2D eigenvalue weighted by Gasteiger charge is -2.32. The maximum atomic E-state index is 11.6. The molecule has 0 aliphatic carbocycles. The van der Waals surface area contributed by atoms with Crippen LogP contribution in [0.15, 0.2) is 0 Å².